The first kappa shape index (κ1) is 23.1. The first-order valence-electron chi connectivity index (χ1n) is 11.5. The fraction of sp³-hybridized carbons (Fsp3) is 0.280. The molecule has 3 heterocycles. The molecule has 10 heteroatoms. The van der Waals surface area contributed by atoms with Gasteiger partial charge in [0.2, 0.25) is 16.0 Å². The van der Waals surface area contributed by atoms with Gasteiger partial charge in [-0.1, -0.05) is 6.07 Å². The van der Waals surface area contributed by atoms with E-state index in [2.05, 4.69) is 37.7 Å². The Morgan fingerprint density at radius 1 is 1.03 bits per heavy atom. The van der Waals surface area contributed by atoms with E-state index in [-0.39, 0.29) is 6.10 Å². The molecule has 9 nitrogen and oxygen atoms in total. The standard InChI is InChI=1S/C25H28N6O3S/c1-17-14-18-15-20(6-7-23(18)27-17)28-24-8-11-26-25(30-24)29-19-4-3-5-22(16-19)34-21-9-12-31(13-10-21)35(2,32)33/h3-8,11,14-16,21,27H,9-10,12-13H2,1-2H3,(H2,26,28,29,30). The lowest BCUT2D eigenvalue weighted by atomic mass is 10.1. The second kappa shape index (κ2) is 9.55. The van der Waals surface area contributed by atoms with Crippen molar-refractivity contribution in [3.63, 3.8) is 0 Å². The SMILES string of the molecule is Cc1cc2cc(Nc3ccnc(Nc4cccc(OC5CCN(S(C)(=O)=O)CC5)c4)n3)ccc2[nH]1. The van der Waals surface area contributed by atoms with Crippen molar-refractivity contribution < 1.29 is 13.2 Å². The summed E-state index contributed by atoms with van der Waals surface area (Å²) in [6, 6.07) is 17.7. The van der Waals surface area contributed by atoms with Crippen LogP contribution in [0.25, 0.3) is 10.9 Å². The Labute approximate surface area is 204 Å². The highest BCUT2D eigenvalue weighted by Gasteiger charge is 2.25. The summed E-state index contributed by atoms with van der Waals surface area (Å²) in [5.74, 6) is 1.86. The van der Waals surface area contributed by atoms with E-state index in [0.29, 0.717) is 37.7 Å². The number of piperidine rings is 1. The van der Waals surface area contributed by atoms with Crippen LogP contribution in [0.15, 0.2) is 60.8 Å². The summed E-state index contributed by atoms with van der Waals surface area (Å²) in [6.45, 7) is 2.99. The smallest absolute Gasteiger partial charge is 0.229 e. The highest BCUT2D eigenvalue weighted by atomic mass is 32.2. The second-order valence-corrected chi connectivity index (χ2v) is 10.8. The molecule has 0 spiro atoms. The van der Waals surface area contributed by atoms with Gasteiger partial charge >= 0.3 is 0 Å². The van der Waals surface area contributed by atoms with Crippen LogP contribution in [0.2, 0.25) is 0 Å². The number of nitrogens with zero attached hydrogens (tertiary/aromatic N) is 3. The average Bonchev–Trinajstić information content (AvgIpc) is 3.19. The minimum Gasteiger partial charge on any atom is -0.490 e. The van der Waals surface area contributed by atoms with Crippen LogP contribution in [0.3, 0.4) is 0 Å². The molecule has 0 unspecified atom stereocenters. The monoisotopic (exact) mass is 492 g/mol. The van der Waals surface area contributed by atoms with Crippen LogP contribution in [0.5, 0.6) is 5.75 Å². The summed E-state index contributed by atoms with van der Waals surface area (Å²) in [7, 11) is -3.15. The van der Waals surface area contributed by atoms with Crippen molar-refractivity contribution in [3.8, 4) is 5.75 Å². The number of hydrogen-bond donors (Lipinski definition) is 3. The first-order chi connectivity index (χ1) is 16.8. The van der Waals surface area contributed by atoms with E-state index in [1.54, 1.807) is 6.20 Å². The molecule has 2 aromatic carbocycles. The predicted octanol–water partition coefficient (Wildman–Crippen LogP) is 4.56. The van der Waals surface area contributed by atoms with E-state index >= 15 is 0 Å². The third kappa shape index (κ3) is 5.72. The lowest BCUT2D eigenvalue weighted by Crippen LogP contribution is -2.41. The molecule has 0 bridgehead atoms. The quantitative estimate of drug-likeness (QED) is 0.347. The van der Waals surface area contributed by atoms with E-state index in [9.17, 15) is 8.42 Å². The number of anilines is 4. The fourth-order valence-corrected chi connectivity index (χ4v) is 5.12. The van der Waals surface area contributed by atoms with E-state index < -0.39 is 10.0 Å². The van der Waals surface area contributed by atoms with Crippen LogP contribution in [0.1, 0.15) is 18.5 Å². The van der Waals surface area contributed by atoms with Gasteiger partial charge in [0.05, 0.1) is 6.26 Å². The maximum absolute atomic E-state index is 11.7. The number of ether oxygens (including phenoxy) is 1. The minimum atomic E-state index is -3.15. The highest BCUT2D eigenvalue weighted by molar-refractivity contribution is 7.88. The Bertz CT molecular complexity index is 1440. The van der Waals surface area contributed by atoms with Gasteiger partial charge in [0.1, 0.15) is 17.7 Å². The third-order valence-electron chi connectivity index (χ3n) is 5.95. The van der Waals surface area contributed by atoms with Crippen molar-refractivity contribution >= 4 is 44.1 Å². The minimum absolute atomic E-state index is 0.0202. The third-order valence-corrected chi connectivity index (χ3v) is 7.25. The Hall–Kier alpha value is -3.63. The van der Waals surface area contributed by atoms with Gasteiger partial charge in [0.15, 0.2) is 0 Å². The zero-order valence-corrected chi connectivity index (χ0v) is 20.5. The normalized spacial score (nSPS) is 15.3. The zero-order valence-electron chi connectivity index (χ0n) is 19.7. The number of fused-ring (bicyclic) bond motifs is 1. The highest BCUT2D eigenvalue weighted by Crippen LogP contribution is 2.26. The van der Waals surface area contributed by atoms with Crippen LogP contribution >= 0.6 is 0 Å². The molecule has 0 radical (unpaired) electrons. The van der Waals surface area contributed by atoms with Crippen molar-refractivity contribution in [2.45, 2.75) is 25.9 Å². The van der Waals surface area contributed by atoms with Crippen LogP contribution in [0, 0.1) is 6.92 Å². The molecule has 1 aliphatic heterocycles. The first-order valence-corrected chi connectivity index (χ1v) is 13.3. The lowest BCUT2D eigenvalue weighted by Gasteiger charge is -2.30. The Balaban J connectivity index is 1.22. The van der Waals surface area contributed by atoms with Crippen LogP contribution in [-0.4, -0.2) is 53.1 Å². The number of sulfonamides is 1. The number of nitrogens with one attached hydrogen (secondary N) is 3. The van der Waals surface area contributed by atoms with Crippen LogP contribution in [0.4, 0.5) is 23.1 Å². The van der Waals surface area contributed by atoms with Crippen LogP contribution < -0.4 is 15.4 Å². The van der Waals surface area contributed by atoms with Crippen molar-refractivity contribution in [2.75, 3.05) is 30.0 Å². The molecule has 0 aliphatic carbocycles. The second-order valence-electron chi connectivity index (χ2n) is 8.78. The van der Waals surface area contributed by atoms with E-state index in [1.807, 2.05) is 49.4 Å². The van der Waals surface area contributed by atoms with Gasteiger partial charge in [-0.3, -0.25) is 0 Å². The molecular formula is C25H28N6O3S. The Kier molecular flexibility index (Phi) is 6.31. The lowest BCUT2D eigenvalue weighted by molar-refractivity contribution is 0.135. The molecule has 3 N–H and O–H groups in total. The fourth-order valence-electron chi connectivity index (χ4n) is 4.24. The van der Waals surface area contributed by atoms with E-state index in [1.165, 1.54) is 10.6 Å². The van der Waals surface area contributed by atoms with Gasteiger partial charge in [-0.15, -0.1) is 0 Å². The van der Waals surface area contributed by atoms with Gasteiger partial charge in [0, 0.05) is 53.3 Å². The van der Waals surface area contributed by atoms with Crippen molar-refractivity contribution in [1.82, 2.24) is 19.3 Å². The molecule has 1 fully saturated rings. The average molecular weight is 493 g/mol. The maximum atomic E-state index is 11.7. The molecule has 35 heavy (non-hydrogen) atoms. The number of benzene rings is 2. The largest absolute Gasteiger partial charge is 0.490 e. The molecule has 2 aromatic heterocycles. The van der Waals surface area contributed by atoms with E-state index in [4.69, 9.17) is 4.74 Å². The number of aromatic amines is 1. The number of rotatable bonds is 7. The summed E-state index contributed by atoms with van der Waals surface area (Å²) in [5, 5.41) is 7.71. The molecule has 0 atom stereocenters. The maximum Gasteiger partial charge on any atom is 0.229 e. The summed E-state index contributed by atoms with van der Waals surface area (Å²) in [5.41, 5.74) is 3.97. The van der Waals surface area contributed by atoms with Crippen molar-refractivity contribution in [1.29, 1.82) is 0 Å². The molecular weight excluding hydrogens is 464 g/mol. The van der Waals surface area contributed by atoms with Crippen molar-refractivity contribution in [3.05, 3.63) is 66.5 Å². The molecule has 5 rings (SSSR count). The molecule has 0 amide bonds. The van der Waals surface area contributed by atoms with Gasteiger partial charge in [-0.05, 0) is 62.2 Å². The van der Waals surface area contributed by atoms with Crippen LogP contribution in [-0.2, 0) is 10.0 Å². The predicted molar refractivity (Wildman–Crippen MR) is 138 cm³/mol. The Morgan fingerprint density at radius 2 is 1.83 bits per heavy atom. The number of aryl methyl sites for hydroxylation is 1. The topological polar surface area (TPSA) is 112 Å². The molecule has 182 valence electrons. The molecule has 4 aromatic rings. The summed E-state index contributed by atoms with van der Waals surface area (Å²) in [4.78, 5) is 12.2. The van der Waals surface area contributed by atoms with Gasteiger partial charge in [-0.25, -0.2) is 17.7 Å². The summed E-state index contributed by atoms with van der Waals surface area (Å²) in [6.07, 6.45) is 4.25. The number of hydrogen-bond acceptors (Lipinski definition) is 7. The zero-order chi connectivity index (χ0) is 24.4. The molecule has 1 aliphatic rings. The molecule has 1 saturated heterocycles. The van der Waals surface area contributed by atoms with Gasteiger partial charge in [0.25, 0.3) is 0 Å². The van der Waals surface area contributed by atoms with Crippen molar-refractivity contribution in [2.24, 2.45) is 0 Å². The summed E-state index contributed by atoms with van der Waals surface area (Å²) < 4.78 is 31.0. The number of aromatic nitrogens is 3. The van der Waals surface area contributed by atoms with Gasteiger partial charge in [-0.2, -0.15) is 4.98 Å². The number of H-pyrrole nitrogens is 1. The van der Waals surface area contributed by atoms with E-state index in [0.717, 1.165) is 33.7 Å². The van der Waals surface area contributed by atoms with Gasteiger partial charge < -0.3 is 20.4 Å². The molecule has 0 saturated carbocycles. The Morgan fingerprint density at radius 3 is 2.63 bits per heavy atom. The summed E-state index contributed by atoms with van der Waals surface area (Å²) >= 11 is 0.